The van der Waals surface area contributed by atoms with Gasteiger partial charge in [-0.05, 0) is 41.5 Å². The number of carbonyl (C=O) groups is 2. The predicted molar refractivity (Wildman–Crippen MR) is 79.6 cm³/mol. The standard InChI is InChI=1S/C15H23N3O4/c1-7-21-14(20)18-10(3)12-9(2)17(8-11(12)16-18)13(19)22-15(4,5)6/h9H,7-8H2,1-6H3. The van der Waals surface area contributed by atoms with Gasteiger partial charge in [0, 0.05) is 5.56 Å². The van der Waals surface area contributed by atoms with Crippen LogP contribution in [0.5, 0.6) is 0 Å². The summed E-state index contributed by atoms with van der Waals surface area (Å²) in [5.74, 6) is 0. The van der Waals surface area contributed by atoms with E-state index in [9.17, 15) is 9.59 Å². The summed E-state index contributed by atoms with van der Waals surface area (Å²) in [6.45, 7) is 11.6. The van der Waals surface area contributed by atoms with E-state index in [-0.39, 0.29) is 12.1 Å². The third-order valence-corrected chi connectivity index (χ3v) is 3.51. The molecule has 22 heavy (non-hydrogen) atoms. The Kier molecular flexibility index (Phi) is 4.17. The summed E-state index contributed by atoms with van der Waals surface area (Å²) in [7, 11) is 0. The molecule has 1 aromatic rings. The van der Waals surface area contributed by atoms with Gasteiger partial charge in [0.25, 0.3) is 0 Å². The molecule has 2 rings (SSSR count). The highest BCUT2D eigenvalue weighted by Gasteiger charge is 2.38. The Hall–Kier alpha value is -2.05. The van der Waals surface area contributed by atoms with E-state index in [1.165, 1.54) is 4.68 Å². The fourth-order valence-corrected chi connectivity index (χ4v) is 2.59. The summed E-state index contributed by atoms with van der Waals surface area (Å²) in [5, 5.41) is 4.28. The molecule has 1 aliphatic rings. The van der Waals surface area contributed by atoms with E-state index in [2.05, 4.69) is 5.10 Å². The highest BCUT2D eigenvalue weighted by Crippen LogP contribution is 2.36. The molecule has 1 aromatic heterocycles. The number of amides is 1. The molecule has 0 radical (unpaired) electrons. The molecule has 1 unspecified atom stereocenters. The second kappa shape index (κ2) is 5.62. The van der Waals surface area contributed by atoms with Crippen molar-refractivity contribution < 1.29 is 19.1 Å². The smallest absolute Gasteiger partial charge is 0.434 e. The summed E-state index contributed by atoms with van der Waals surface area (Å²) in [5.41, 5.74) is 1.76. The first-order valence-electron chi connectivity index (χ1n) is 7.40. The van der Waals surface area contributed by atoms with Crippen LogP contribution in [0.1, 0.15) is 57.6 Å². The first-order valence-corrected chi connectivity index (χ1v) is 7.40. The lowest BCUT2D eigenvalue weighted by Crippen LogP contribution is -2.35. The normalized spacial score (nSPS) is 17.4. The Morgan fingerprint density at radius 1 is 1.32 bits per heavy atom. The summed E-state index contributed by atoms with van der Waals surface area (Å²) in [4.78, 5) is 25.7. The molecule has 0 saturated carbocycles. The number of hydrogen-bond donors (Lipinski definition) is 0. The van der Waals surface area contributed by atoms with Crippen molar-refractivity contribution in [2.45, 2.75) is 59.7 Å². The van der Waals surface area contributed by atoms with Crippen molar-refractivity contribution in [3.63, 3.8) is 0 Å². The lowest BCUT2D eigenvalue weighted by atomic mass is 10.1. The lowest BCUT2D eigenvalue weighted by Gasteiger charge is -2.27. The van der Waals surface area contributed by atoms with Gasteiger partial charge in [-0.25, -0.2) is 9.59 Å². The van der Waals surface area contributed by atoms with E-state index < -0.39 is 11.7 Å². The third-order valence-electron chi connectivity index (χ3n) is 3.51. The number of nitrogens with zero attached hydrogens (tertiary/aromatic N) is 3. The summed E-state index contributed by atoms with van der Waals surface area (Å²) >= 11 is 0. The highest BCUT2D eigenvalue weighted by molar-refractivity contribution is 5.73. The van der Waals surface area contributed by atoms with Crippen molar-refractivity contribution in [3.05, 3.63) is 17.0 Å². The number of ether oxygens (including phenoxy) is 2. The van der Waals surface area contributed by atoms with Crippen molar-refractivity contribution in [1.29, 1.82) is 0 Å². The van der Waals surface area contributed by atoms with Crippen LogP contribution in [0.3, 0.4) is 0 Å². The second-order valence-corrected chi connectivity index (χ2v) is 6.34. The minimum atomic E-state index is -0.545. The van der Waals surface area contributed by atoms with Gasteiger partial charge in [0.05, 0.1) is 30.6 Å². The van der Waals surface area contributed by atoms with Crippen LogP contribution in [0, 0.1) is 6.92 Å². The van der Waals surface area contributed by atoms with E-state index in [0.717, 1.165) is 5.56 Å². The van der Waals surface area contributed by atoms with E-state index in [1.54, 1.807) is 18.7 Å². The van der Waals surface area contributed by atoms with E-state index in [0.29, 0.717) is 24.5 Å². The minimum absolute atomic E-state index is 0.187. The Balaban J connectivity index is 2.22. The van der Waals surface area contributed by atoms with Gasteiger partial charge in [-0.3, -0.25) is 4.90 Å². The summed E-state index contributed by atoms with van der Waals surface area (Å²) < 4.78 is 11.6. The zero-order chi connectivity index (χ0) is 16.7. The Morgan fingerprint density at radius 3 is 2.45 bits per heavy atom. The largest absolute Gasteiger partial charge is 0.448 e. The van der Waals surface area contributed by atoms with Crippen LogP contribution in [0.4, 0.5) is 9.59 Å². The number of fused-ring (bicyclic) bond motifs is 1. The molecule has 0 fully saturated rings. The van der Waals surface area contributed by atoms with Gasteiger partial charge in [-0.15, -0.1) is 0 Å². The predicted octanol–water partition coefficient (Wildman–Crippen LogP) is 3.01. The van der Waals surface area contributed by atoms with Gasteiger partial charge in [0.15, 0.2) is 0 Å². The number of rotatable bonds is 1. The van der Waals surface area contributed by atoms with Crippen LogP contribution >= 0.6 is 0 Å². The number of hydrogen-bond acceptors (Lipinski definition) is 5. The average molecular weight is 309 g/mol. The van der Waals surface area contributed by atoms with E-state index >= 15 is 0 Å². The fourth-order valence-electron chi connectivity index (χ4n) is 2.59. The molecule has 0 aromatic carbocycles. The maximum absolute atomic E-state index is 12.2. The molecule has 1 aliphatic heterocycles. The van der Waals surface area contributed by atoms with Gasteiger partial charge in [-0.1, -0.05) is 0 Å². The molecule has 0 N–H and O–H groups in total. The second-order valence-electron chi connectivity index (χ2n) is 6.34. The fraction of sp³-hybridized carbons (Fsp3) is 0.667. The van der Waals surface area contributed by atoms with Crippen molar-refractivity contribution >= 4 is 12.2 Å². The molecule has 7 nitrogen and oxygen atoms in total. The van der Waals surface area contributed by atoms with Crippen LogP contribution in [-0.4, -0.2) is 39.1 Å². The third kappa shape index (κ3) is 2.93. The van der Waals surface area contributed by atoms with Gasteiger partial charge < -0.3 is 9.47 Å². The summed E-state index contributed by atoms with van der Waals surface area (Å²) in [6.07, 6.45) is -0.870. The van der Waals surface area contributed by atoms with Crippen LogP contribution in [0.15, 0.2) is 0 Å². The highest BCUT2D eigenvalue weighted by atomic mass is 16.6. The van der Waals surface area contributed by atoms with Crippen molar-refractivity contribution in [3.8, 4) is 0 Å². The molecule has 1 amide bonds. The number of carbonyl (C=O) groups excluding carboxylic acids is 2. The number of aromatic nitrogens is 2. The zero-order valence-electron chi connectivity index (χ0n) is 14.0. The molecule has 2 heterocycles. The summed E-state index contributed by atoms with van der Waals surface area (Å²) in [6, 6.07) is -0.187. The quantitative estimate of drug-likeness (QED) is 0.797. The Labute approximate surface area is 130 Å². The first-order chi connectivity index (χ1) is 10.2. The molecular formula is C15H23N3O4. The van der Waals surface area contributed by atoms with Gasteiger partial charge in [0.1, 0.15) is 5.60 Å². The molecule has 0 spiro atoms. The SMILES string of the molecule is CCOC(=O)n1nc2c(c1C)C(C)N(C(=O)OC(C)(C)C)C2. The maximum Gasteiger partial charge on any atom is 0.434 e. The van der Waals surface area contributed by atoms with Gasteiger partial charge in [-0.2, -0.15) is 9.78 Å². The van der Waals surface area contributed by atoms with Crippen molar-refractivity contribution in [2.24, 2.45) is 0 Å². The van der Waals surface area contributed by atoms with Crippen molar-refractivity contribution in [2.75, 3.05) is 6.61 Å². The van der Waals surface area contributed by atoms with E-state index in [4.69, 9.17) is 9.47 Å². The molecule has 122 valence electrons. The van der Waals surface area contributed by atoms with Crippen molar-refractivity contribution in [1.82, 2.24) is 14.7 Å². The minimum Gasteiger partial charge on any atom is -0.448 e. The Bertz CT molecular complexity index is 601. The molecule has 1 atom stereocenters. The van der Waals surface area contributed by atoms with Crippen LogP contribution in [-0.2, 0) is 16.0 Å². The van der Waals surface area contributed by atoms with Gasteiger partial charge >= 0.3 is 12.2 Å². The van der Waals surface area contributed by atoms with Crippen LogP contribution in [0.2, 0.25) is 0 Å². The monoisotopic (exact) mass is 309 g/mol. The van der Waals surface area contributed by atoms with Gasteiger partial charge in [0.2, 0.25) is 0 Å². The molecule has 0 bridgehead atoms. The average Bonchev–Trinajstić information content (AvgIpc) is 2.86. The first kappa shape index (κ1) is 16.3. The zero-order valence-corrected chi connectivity index (χ0v) is 14.0. The molecular weight excluding hydrogens is 286 g/mol. The topological polar surface area (TPSA) is 73.7 Å². The van der Waals surface area contributed by atoms with Crippen LogP contribution < -0.4 is 0 Å². The molecule has 7 heteroatoms. The lowest BCUT2D eigenvalue weighted by molar-refractivity contribution is 0.0184. The molecule has 0 saturated heterocycles. The van der Waals surface area contributed by atoms with E-state index in [1.807, 2.05) is 27.7 Å². The maximum atomic E-state index is 12.2. The molecule has 0 aliphatic carbocycles. The van der Waals surface area contributed by atoms with Crippen LogP contribution in [0.25, 0.3) is 0 Å². The Morgan fingerprint density at radius 2 is 1.95 bits per heavy atom.